The van der Waals surface area contributed by atoms with Gasteiger partial charge in [-0.2, -0.15) is 0 Å². The van der Waals surface area contributed by atoms with Crippen LogP contribution in [0.4, 0.5) is 0 Å². The van der Waals surface area contributed by atoms with Crippen molar-refractivity contribution in [3.8, 4) is 0 Å². The van der Waals surface area contributed by atoms with Crippen LogP contribution in [0.25, 0.3) is 0 Å². The molecule has 16 nitrogen and oxygen atoms in total. The van der Waals surface area contributed by atoms with Gasteiger partial charge in [0, 0.05) is 19.3 Å². The van der Waals surface area contributed by atoms with E-state index in [1.807, 2.05) is 0 Å². The number of hydrogen-bond donors (Lipinski definition) is 4. The van der Waals surface area contributed by atoms with Gasteiger partial charge in [0.2, 0.25) is 0 Å². The molecule has 18 heteroatoms. The zero-order chi connectivity index (χ0) is 75.2. The first-order valence-electron chi connectivity index (χ1n) is 40.8. The highest BCUT2D eigenvalue weighted by atomic mass is 31.2. The van der Waals surface area contributed by atoms with Gasteiger partial charge in [0.1, 0.15) is 25.4 Å². The van der Waals surface area contributed by atoms with Gasteiger partial charge in [-0.15, -0.1) is 0 Å². The van der Waals surface area contributed by atoms with Gasteiger partial charge in [-0.05, 0) is 116 Å². The summed E-state index contributed by atoms with van der Waals surface area (Å²) in [6, 6.07) is 0. The van der Waals surface area contributed by atoms with Gasteiger partial charge in [0.15, 0.2) is 6.10 Å². The largest absolute Gasteiger partial charge is 0.472 e. The van der Waals surface area contributed by atoms with Gasteiger partial charge in [-0.25, -0.2) is 9.13 Å². The van der Waals surface area contributed by atoms with Gasteiger partial charge in [0.25, 0.3) is 0 Å². The summed E-state index contributed by atoms with van der Waals surface area (Å²) in [6.07, 6.45) is 92.5. The molecule has 103 heavy (non-hydrogen) atoms. The summed E-state index contributed by atoms with van der Waals surface area (Å²) < 4.78 is 61.2. The van der Waals surface area contributed by atoms with Gasteiger partial charge >= 0.3 is 33.6 Å². The summed E-state index contributed by atoms with van der Waals surface area (Å²) in [7, 11) is -9.79. The Morgan fingerprint density at radius 2 is 0.515 bits per heavy atom. The van der Waals surface area contributed by atoms with Crippen molar-refractivity contribution in [2.75, 3.05) is 39.6 Å². The van der Waals surface area contributed by atoms with Crippen molar-refractivity contribution in [2.45, 2.75) is 360 Å². The van der Waals surface area contributed by atoms with E-state index in [2.05, 4.69) is 142 Å². The van der Waals surface area contributed by atoms with Crippen molar-refractivity contribution in [3.63, 3.8) is 0 Å². The highest BCUT2D eigenvalue weighted by molar-refractivity contribution is 7.47. The molecule has 0 spiro atoms. The third-order valence-electron chi connectivity index (χ3n) is 17.2. The molecule has 594 valence electrons. The number of phosphoric ester groups is 2. The average Bonchev–Trinajstić information content (AvgIpc) is 1.11. The molecule has 0 heterocycles. The maximum Gasteiger partial charge on any atom is 0.472 e. The normalized spacial score (nSPS) is 14.6. The Labute approximate surface area is 627 Å². The van der Waals surface area contributed by atoms with E-state index >= 15 is 0 Å². The molecule has 0 aliphatic carbocycles. The van der Waals surface area contributed by atoms with Crippen LogP contribution in [0.3, 0.4) is 0 Å². The molecule has 0 bridgehead atoms. The predicted molar refractivity (Wildman–Crippen MR) is 427 cm³/mol. The second-order valence-electron chi connectivity index (χ2n) is 27.2. The highest BCUT2D eigenvalue weighted by Crippen LogP contribution is 2.45. The molecule has 0 saturated heterocycles. The van der Waals surface area contributed by atoms with Gasteiger partial charge < -0.3 is 34.2 Å². The van der Waals surface area contributed by atoms with Crippen LogP contribution in [-0.2, 0) is 55.8 Å². The van der Waals surface area contributed by atoms with E-state index in [0.29, 0.717) is 19.3 Å². The number of aliphatic hydroxyl groups excluding tert-OH is 2. The average molecular weight is 1490 g/mol. The SMILES string of the molecule is CC/C=C\C/C=C\C/C=C\C/C=C\C/C=C\C/C=C\CCCCCCCCC(=O)OCC(COP(=O)(O)OCC(O)COP(=O)(O)OCC(O)COC(=O)CCCCCCCCCCCCCCC/C=C\C/C=C\C/C=C\C/C=C\CCCCC)OC(=O)CCCCCCCCCCCCCCC. The van der Waals surface area contributed by atoms with Crippen LogP contribution in [0.2, 0.25) is 0 Å². The summed E-state index contributed by atoms with van der Waals surface area (Å²) in [5.74, 6) is -1.58. The number of unbranched alkanes of at least 4 members (excludes halogenated alkanes) is 34. The summed E-state index contributed by atoms with van der Waals surface area (Å²) in [4.78, 5) is 58.7. The molecule has 0 aromatic heterocycles. The molecule has 5 unspecified atom stereocenters. The zero-order valence-corrected chi connectivity index (χ0v) is 66.7. The molecule has 5 atom stereocenters. The molecule has 0 aliphatic heterocycles. The maximum absolute atomic E-state index is 13.0. The van der Waals surface area contributed by atoms with Crippen LogP contribution in [0, 0.1) is 0 Å². The van der Waals surface area contributed by atoms with E-state index in [1.165, 1.54) is 135 Å². The topological polar surface area (TPSA) is 231 Å². The number of hydrogen-bond acceptors (Lipinski definition) is 14. The van der Waals surface area contributed by atoms with Crippen LogP contribution in [0.15, 0.2) is 122 Å². The van der Waals surface area contributed by atoms with E-state index in [4.69, 9.17) is 32.3 Å². The fourth-order valence-corrected chi connectivity index (χ4v) is 12.6. The number of carbonyl (C=O) groups excluding carboxylic acids is 3. The standard InChI is InChI=1S/C85H148O16P2/c1-4-7-10-13-16-19-22-25-27-29-31-33-35-37-38-39-40-42-44-45-47-49-51-54-56-59-62-65-68-71-83(88)95-74-80(86)75-97-102(91,92)98-76-81(87)77-99-103(93,94)100-79-82(101-85(90)73-70-67-64-61-58-53-24-21-18-15-12-9-6-3)78-96-84(89)72-69-66-63-60-57-55-52-50-48-46-43-41-36-34-32-30-28-26-23-20-17-14-11-8-5-2/h8,11,16-17,19-20,25-28,31-34,37-38,41,43,48,50,80-82,86-87H,4-7,9-10,12-15,18,21-24,29-30,35-36,39-40,42,44-47,49,51-79H2,1-3H3,(H,91,92)(H,93,94)/b11-8-,19-16-,20-17-,27-25-,28-26-,33-31-,34-32-,38-37-,43-41-,50-48-. The lowest BCUT2D eigenvalue weighted by Gasteiger charge is -2.21. The van der Waals surface area contributed by atoms with E-state index in [0.717, 1.165) is 148 Å². The van der Waals surface area contributed by atoms with Gasteiger partial charge in [0.05, 0.1) is 26.4 Å². The minimum absolute atomic E-state index is 0.102. The number of rotatable bonds is 77. The molecule has 0 radical (unpaired) electrons. The maximum atomic E-state index is 13.0. The third-order valence-corrected chi connectivity index (χ3v) is 19.1. The van der Waals surface area contributed by atoms with Crippen LogP contribution in [0.5, 0.6) is 0 Å². The second kappa shape index (κ2) is 77.6. The first-order valence-corrected chi connectivity index (χ1v) is 43.8. The summed E-state index contributed by atoms with van der Waals surface area (Å²) in [6.45, 7) is 2.55. The molecule has 0 aromatic rings. The molecular formula is C85H148O16P2. The minimum Gasteiger partial charge on any atom is -0.463 e. The van der Waals surface area contributed by atoms with Crippen LogP contribution < -0.4 is 0 Å². The lowest BCUT2D eigenvalue weighted by Crippen LogP contribution is -2.30. The molecule has 0 fully saturated rings. The number of aliphatic hydroxyl groups is 2. The Balaban J connectivity index is 4.51. The molecule has 0 rings (SSSR count). The fraction of sp³-hybridized carbons (Fsp3) is 0.729. The van der Waals surface area contributed by atoms with Crippen LogP contribution in [-0.4, -0.2) is 95.9 Å². The number of ether oxygens (including phenoxy) is 3. The first-order chi connectivity index (χ1) is 50.2. The molecule has 0 saturated carbocycles. The Kier molecular flexibility index (Phi) is 74.5. The summed E-state index contributed by atoms with van der Waals surface area (Å²) in [5, 5.41) is 20.6. The Morgan fingerprint density at radius 3 is 0.835 bits per heavy atom. The number of allylic oxidation sites excluding steroid dienone is 20. The summed E-state index contributed by atoms with van der Waals surface area (Å²) >= 11 is 0. The number of phosphoric acid groups is 2. The number of carbonyl (C=O) groups is 3. The van der Waals surface area contributed by atoms with E-state index in [1.54, 1.807) is 0 Å². The predicted octanol–water partition coefficient (Wildman–Crippen LogP) is 24.1. The second-order valence-corrected chi connectivity index (χ2v) is 30.1. The van der Waals surface area contributed by atoms with Crippen LogP contribution in [0.1, 0.15) is 342 Å². The molecule has 0 amide bonds. The number of esters is 3. The Bertz CT molecular complexity index is 2360. The quantitative estimate of drug-likeness (QED) is 0.0146. The lowest BCUT2D eigenvalue weighted by molar-refractivity contribution is -0.161. The Morgan fingerprint density at radius 1 is 0.282 bits per heavy atom. The molecular weight excluding hydrogens is 1340 g/mol. The van der Waals surface area contributed by atoms with Crippen molar-refractivity contribution in [1.29, 1.82) is 0 Å². The van der Waals surface area contributed by atoms with Crippen molar-refractivity contribution < 1.29 is 75.8 Å². The van der Waals surface area contributed by atoms with Crippen molar-refractivity contribution >= 4 is 33.6 Å². The highest BCUT2D eigenvalue weighted by Gasteiger charge is 2.29. The van der Waals surface area contributed by atoms with Gasteiger partial charge in [-0.3, -0.25) is 32.5 Å². The lowest BCUT2D eigenvalue weighted by atomic mass is 10.0. The minimum atomic E-state index is -4.93. The van der Waals surface area contributed by atoms with Crippen molar-refractivity contribution in [3.05, 3.63) is 122 Å². The summed E-state index contributed by atoms with van der Waals surface area (Å²) in [5.41, 5.74) is 0. The molecule has 0 aliphatic rings. The Hall–Kier alpha value is -4.05. The van der Waals surface area contributed by atoms with E-state index < -0.39 is 91.5 Å². The van der Waals surface area contributed by atoms with E-state index in [-0.39, 0.29) is 19.3 Å². The first kappa shape index (κ1) is 98.9. The zero-order valence-electron chi connectivity index (χ0n) is 65.0. The van der Waals surface area contributed by atoms with Gasteiger partial charge in [-0.1, -0.05) is 328 Å². The fourth-order valence-electron chi connectivity index (χ4n) is 11.0. The van der Waals surface area contributed by atoms with Crippen molar-refractivity contribution in [1.82, 2.24) is 0 Å². The molecule has 4 N–H and O–H groups in total. The smallest absolute Gasteiger partial charge is 0.463 e. The van der Waals surface area contributed by atoms with Crippen LogP contribution >= 0.6 is 15.6 Å². The monoisotopic (exact) mass is 1490 g/mol. The third kappa shape index (κ3) is 78.8. The van der Waals surface area contributed by atoms with Crippen molar-refractivity contribution in [2.24, 2.45) is 0 Å². The van der Waals surface area contributed by atoms with E-state index in [9.17, 15) is 43.5 Å². The molecule has 0 aromatic carbocycles.